The number of rotatable bonds is 4. The number of Topliss-reactive ketones (excluding diaryl/α,β-unsaturated/α-hetero) is 1. The average Bonchev–Trinajstić information content (AvgIpc) is 2.59. The Morgan fingerprint density at radius 2 is 1.92 bits per heavy atom. The van der Waals surface area contributed by atoms with Crippen LogP contribution in [0.3, 0.4) is 0 Å². The van der Waals surface area contributed by atoms with Crippen molar-refractivity contribution in [3.05, 3.63) is 41.5 Å². The lowest BCUT2D eigenvalue weighted by Gasteiger charge is -2.27. The quantitative estimate of drug-likeness (QED) is 0.928. The lowest BCUT2D eigenvalue weighted by molar-refractivity contribution is 0.0841. The summed E-state index contributed by atoms with van der Waals surface area (Å²) in [5, 5.41) is 10.1. The van der Waals surface area contributed by atoms with Crippen molar-refractivity contribution in [2.24, 2.45) is 0 Å². The highest BCUT2D eigenvalue weighted by molar-refractivity contribution is 6.02. The smallest absolute Gasteiger partial charge is 0.174 e. The molecule has 1 atom stereocenters. The van der Waals surface area contributed by atoms with Crippen molar-refractivity contribution in [1.29, 1.82) is 0 Å². The molecular formula is C18H18O6. The van der Waals surface area contributed by atoms with E-state index >= 15 is 0 Å². The third kappa shape index (κ3) is 2.60. The fourth-order valence-corrected chi connectivity index (χ4v) is 2.87. The molecule has 0 aliphatic carbocycles. The topological polar surface area (TPSA) is 74.2 Å². The summed E-state index contributed by atoms with van der Waals surface area (Å²) < 4.78 is 21.8. The monoisotopic (exact) mass is 330 g/mol. The average molecular weight is 330 g/mol. The van der Waals surface area contributed by atoms with Crippen LogP contribution in [0, 0.1) is 0 Å². The summed E-state index contributed by atoms with van der Waals surface area (Å²) in [4.78, 5) is 12.5. The molecule has 6 heteroatoms. The molecule has 1 unspecified atom stereocenters. The van der Waals surface area contributed by atoms with Crippen LogP contribution in [0.5, 0.6) is 28.7 Å². The van der Waals surface area contributed by atoms with E-state index in [0.717, 1.165) is 0 Å². The number of phenols is 1. The van der Waals surface area contributed by atoms with Gasteiger partial charge in [0, 0.05) is 17.7 Å². The number of methoxy groups -OCH3 is 3. The predicted molar refractivity (Wildman–Crippen MR) is 86.5 cm³/mol. The highest BCUT2D eigenvalue weighted by Gasteiger charge is 2.33. The standard InChI is InChI=1S/C18H18O6/c1-21-10-7-12(19)17-13(20)9-15(24-16(17)8-10)11-5-4-6-14(22-2)18(11)23-3/h4-8,15,19H,9H2,1-3H3. The van der Waals surface area contributed by atoms with Crippen LogP contribution in [0.15, 0.2) is 30.3 Å². The minimum Gasteiger partial charge on any atom is -0.507 e. The SMILES string of the molecule is COc1cc(O)c2c(c1)OC(c1cccc(OC)c1OC)CC2=O. The van der Waals surface area contributed by atoms with Gasteiger partial charge in [0.1, 0.15) is 28.9 Å². The first-order valence-corrected chi connectivity index (χ1v) is 7.40. The van der Waals surface area contributed by atoms with Crippen molar-refractivity contribution in [1.82, 2.24) is 0 Å². The van der Waals surface area contributed by atoms with E-state index in [9.17, 15) is 9.90 Å². The highest BCUT2D eigenvalue weighted by Crippen LogP contribution is 2.45. The Morgan fingerprint density at radius 1 is 1.12 bits per heavy atom. The number of hydrogen-bond donors (Lipinski definition) is 1. The third-order valence-electron chi connectivity index (χ3n) is 3.99. The molecule has 1 heterocycles. The molecule has 0 saturated heterocycles. The molecule has 1 aliphatic heterocycles. The van der Waals surface area contributed by atoms with E-state index in [1.165, 1.54) is 20.3 Å². The Kier molecular flexibility index (Phi) is 4.20. The fourth-order valence-electron chi connectivity index (χ4n) is 2.87. The van der Waals surface area contributed by atoms with Crippen molar-refractivity contribution >= 4 is 5.78 Å². The summed E-state index contributed by atoms with van der Waals surface area (Å²) in [6.45, 7) is 0. The molecular weight excluding hydrogens is 312 g/mol. The number of fused-ring (bicyclic) bond motifs is 1. The van der Waals surface area contributed by atoms with Gasteiger partial charge in [0.2, 0.25) is 0 Å². The second-order valence-corrected chi connectivity index (χ2v) is 5.34. The van der Waals surface area contributed by atoms with E-state index in [1.807, 2.05) is 12.1 Å². The van der Waals surface area contributed by atoms with Crippen molar-refractivity contribution in [3.63, 3.8) is 0 Å². The van der Waals surface area contributed by atoms with Crippen LogP contribution in [-0.2, 0) is 0 Å². The molecule has 0 spiro atoms. The number of benzene rings is 2. The van der Waals surface area contributed by atoms with Crippen LogP contribution in [0.4, 0.5) is 0 Å². The zero-order valence-electron chi connectivity index (χ0n) is 13.7. The molecule has 2 aromatic carbocycles. The van der Waals surface area contributed by atoms with E-state index in [0.29, 0.717) is 22.8 Å². The van der Waals surface area contributed by atoms with Crippen LogP contribution < -0.4 is 18.9 Å². The number of hydrogen-bond acceptors (Lipinski definition) is 6. The molecule has 1 aliphatic rings. The Balaban J connectivity index is 2.05. The molecule has 3 rings (SSSR count). The van der Waals surface area contributed by atoms with E-state index in [4.69, 9.17) is 18.9 Å². The Hall–Kier alpha value is -2.89. The van der Waals surface area contributed by atoms with E-state index < -0.39 is 6.10 Å². The minimum atomic E-state index is -0.540. The van der Waals surface area contributed by atoms with Gasteiger partial charge in [-0.05, 0) is 6.07 Å². The number of ketones is 1. The van der Waals surface area contributed by atoms with Gasteiger partial charge in [-0.15, -0.1) is 0 Å². The first-order chi connectivity index (χ1) is 11.6. The van der Waals surface area contributed by atoms with Crippen LogP contribution >= 0.6 is 0 Å². The second kappa shape index (κ2) is 6.31. The Morgan fingerprint density at radius 3 is 2.58 bits per heavy atom. The Bertz CT molecular complexity index is 783. The summed E-state index contributed by atoms with van der Waals surface area (Å²) >= 11 is 0. The van der Waals surface area contributed by atoms with Gasteiger partial charge in [-0.2, -0.15) is 0 Å². The third-order valence-corrected chi connectivity index (χ3v) is 3.99. The molecule has 0 amide bonds. The summed E-state index contributed by atoms with van der Waals surface area (Å²) in [6.07, 6.45) is -0.447. The maximum atomic E-state index is 12.5. The molecule has 6 nitrogen and oxygen atoms in total. The number of carbonyl (C=O) groups is 1. The Labute approximate surface area is 139 Å². The number of carbonyl (C=O) groups excluding carboxylic acids is 1. The van der Waals surface area contributed by atoms with Gasteiger partial charge in [-0.3, -0.25) is 4.79 Å². The van der Waals surface area contributed by atoms with E-state index in [2.05, 4.69) is 0 Å². The number of ether oxygens (including phenoxy) is 4. The lowest BCUT2D eigenvalue weighted by Crippen LogP contribution is -2.21. The summed E-state index contributed by atoms with van der Waals surface area (Å²) in [5.74, 6) is 1.44. The summed E-state index contributed by atoms with van der Waals surface area (Å²) in [7, 11) is 4.57. The number of phenolic OH excluding ortho intramolecular Hbond substituents is 1. The van der Waals surface area contributed by atoms with Crippen LogP contribution in [0.1, 0.15) is 28.4 Å². The molecule has 24 heavy (non-hydrogen) atoms. The van der Waals surface area contributed by atoms with Crippen molar-refractivity contribution in [2.45, 2.75) is 12.5 Å². The van der Waals surface area contributed by atoms with Crippen LogP contribution in [0.2, 0.25) is 0 Å². The molecule has 126 valence electrons. The van der Waals surface area contributed by atoms with Gasteiger partial charge >= 0.3 is 0 Å². The highest BCUT2D eigenvalue weighted by atomic mass is 16.5. The molecule has 1 N–H and O–H groups in total. The van der Waals surface area contributed by atoms with Crippen LogP contribution in [-0.4, -0.2) is 32.2 Å². The molecule has 0 bridgehead atoms. The normalized spacial score (nSPS) is 16.1. The maximum absolute atomic E-state index is 12.5. The fraction of sp³-hybridized carbons (Fsp3) is 0.278. The minimum absolute atomic E-state index is 0.0937. The zero-order valence-corrected chi connectivity index (χ0v) is 13.7. The molecule has 0 saturated carbocycles. The van der Waals surface area contributed by atoms with Crippen LogP contribution in [0.25, 0.3) is 0 Å². The first-order valence-electron chi connectivity index (χ1n) is 7.40. The number of para-hydroxylation sites is 1. The zero-order chi connectivity index (χ0) is 17.3. The molecule has 0 radical (unpaired) electrons. The first kappa shape index (κ1) is 16.0. The molecule has 0 aromatic heterocycles. The van der Waals surface area contributed by atoms with E-state index in [-0.39, 0.29) is 29.3 Å². The van der Waals surface area contributed by atoms with Gasteiger partial charge in [-0.25, -0.2) is 0 Å². The van der Waals surface area contributed by atoms with Gasteiger partial charge in [0.25, 0.3) is 0 Å². The summed E-state index contributed by atoms with van der Waals surface area (Å²) in [6, 6.07) is 8.39. The van der Waals surface area contributed by atoms with Gasteiger partial charge in [0.05, 0.1) is 27.8 Å². The van der Waals surface area contributed by atoms with Crippen molar-refractivity contribution in [2.75, 3.05) is 21.3 Å². The largest absolute Gasteiger partial charge is 0.507 e. The summed E-state index contributed by atoms with van der Waals surface area (Å²) in [5.41, 5.74) is 0.882. The number of aromatic hydroxyl groups is 1. The van der Waals surface area contributed by atoms with Gasteiger partial charge in [0.15, 0.2) is 17.3 Å². The van der Waals surface area contributed by atoms with E-state index in [1.54, 1.807) is 19.2 Å². The van der Waals surface area contributed by atoms with Crippen molar-refractivity contribution in [3.8, 4) is 28.7 Å². The van der Waals surface area contributed by atoms with Gasteiger partial charge < -0.3 is 24.1 Å². The van der Waals surface area contributed by atoms with Crippen molar-refractivity contribution < 1.29 is 28.8 Å². The molecule has 2 aromatic rings. The maximum Gasteiger partial charge on any atom is 0.174 e. The van der Waals surface area contributed by atoms with Gasteiger partial charge in [-0.1, -0.05) is 12.1 Å². The predicted octanol–water partition coefficient (Wildman–Crippen LogP) is 3.12. The molecule has 0 fully saturated rings. The second-order valence-electron chi connectivity index (χ2n) is 5.34. The lowest BCUT2D eigenvalue weighted by atomic mass is 9.94.